The number of rotatable bonds is 7. The summed E-state index contributed by atoms with van der Waals surface area (Å²) in [4.78, 5) is 36.7. The topological polar surface area (TPSA) is 75.7 Å². The van der Waals surface area contributed by atoms with Crippen LogP contribution in [-0.4, -0.2) is 33.7 Å². The zero-order valence-corrected chi connectivity index (χ0v) is 21.2. The predicted octanol–water partition coefficient (Wildman–Crippen LogP) is 6.40. The Morgan fingerprint density at radius 3 is 2.55 bits per heavy atom. The summed E-state index contributed by atoms with van der Waals surface area (Å²) in [5.41, 5.74) is 0.451. The molecule has 0 saturated heterocycles. The van der Waals surface area contributed by atoms with Crippen molar-refractivity contribution >= 4 is 52.2 Å². The van der Waals surface area contributed by atoms with Gasteiger partial charge >= 0.3 is 6.09 Å². The molecule has 6 nitrogen and oxygen atoms in total. The maximum Gasteiger partial charge on any atom is 0.420 e. The van der Waals surface area contributed by atoms with Crippen molar-refractivity contribution in [2.45, 2.75) is 84.3 Å². The second-order valence-electron chi connectivity index (χ2n) is 9.12. The van der Waals surface area contributed by atoms with Crippen molar-refractivity contribution in [3.63, 3.8) is 0 Å². The largest absolute Gasteiger partial charge is 0.443 e. The van der Waals surface area contributed by atoms with Gasteiger partial charge in [-0.05, 0) is 77.5 Å². The summed E-state index contributed by atoms with van der Waals surface area (Å²) in [6, 6.07) is 5.23. The van der Waals surface area contributed by atoms with Crippen molar-refractivity contribution in [3.8, 4) is 0 Å². The van der Waals surface area contributed by atoms with E-state index in [4.69, 9.17) is 4.74 Å². The molecule has 31 heavy (non-hydrogen) atoms. The molecule has 1 aliphatic rings. The molecule has 1 fully saturated rings. The zero-order chi connectivity index (χ0) is 23.2. The molecule has 1 aromatic rings. The highest BCUT2D eigenvalue weighted by molar-refractivity contribution is 9.10. The molecule has 0 aromatic heterocycles. The lowest BCUT2D eigenvalue weighted by Crippen LogP contribution is -2.43. The van der Waals surface area contributed by atoms with Crippen molar-refractivity contribution in [2.24, 2.45) is 5.92 Å². The fourth-order valence-electron chi connectivity index (χ4n) is 3.96. The minimum atomic E-state index is -0.564. The average Bonchev–Trinajstić information content (AvgIpc) is 2.66. The van der Waals surface area contributed by atoms with E-state index >= 15 is 0 Å². The van der Waals surface area contributed by atoms with Crippen LogP contribution in [0.5, 0.6) is 0 Å². The molecule has 2 amide bonds. The van der Waals surface area contributed by atoms with Crippen LogP contribution < -0.4 is 5.32 Å². The molecule has 0 spiro atoms. The number of halogens is 1. The number of Topliss-reactive ketones (excluding diaryl/α,β-unsaturated/α-hetero) is 1. The van der Waals surface area contributed by atoms with E-state index in [1.807, 2.05) is 20.8 Å². The van der Waals surface area contributed by atoms with Gasteiger partial charge in [-0.15, -0.1) is 0 Å². The summed E-state index contributed by atoms with van der Waals surface area (Å²) in [7, 11) is 0. The molecule has 8 heteroatoms. The Morgan fingerprint density at radius 1 is 1.23 bits per heavy atom. The third kappa shape index (κ3) is 8.15. The van der Waals surface area contributed by atoms with Gasteiger partial charge in [0, 0.05) is 22.5 Å². The zero-order valence-electron chi connectivity index (χ0n) is 18.7. The van der Waals surface area contributed by atoms with E-state index in [1.54, 1.807) is 18.2 Å². The molecular formula is C23H33BrN2O4S. The van der Waals surface area contributed by atoms with Gasteiger partial charge in [0.05, 0.1) is 5.69 Å². The maximum absolute atomic E-state index is 12.5. The molecule has 2 rings (SSSR count). The summed E-state index contributed by atoms with van der Waals surface area (Å²) < 4.78 is 7.71. The van der Waals surface area contributed by atoms with Gasteiger partial charge in [0.25, 0.3) is 0 Å². The van der Waals surface area contributed by atoms with Crippen LogP contribution in [0.3, 0.4) is 0 Å². The number of nitrogens with zero attached hydrogens (tertiary/aromatic N) is 1. The van der Waals surface area contributed by atoms with Crippen LogP contribution >= 0.6 is 28.7 Å². The second kappa shape index (κ2) is 11.4. The van der Waals surface area contributed by atoms with Crippen LogP contribution in [-0.2, 0) is 9.53 Å². The van der Waals surface area contributed by atoms with Gasteiger partial charge in [0.15, 0.2) is 5.78 Å². The van der Waals surface area contributed by atoms with Gasteiger partial charge in [0.2, 0.25) is 5.91 Å². The van der Waals surface area contributed by atoms with Crippen molar-refractivity contribution in [2.75, 3.05) is 5.32 Å². The molecule has 1 aliphatic carbocycles. The van der Waals surface area contributed by atoms with Gasteiger partial charge in [0.1, 0.15) is 5.60 Å². The Morgan fingerprint density at radius 2 is 1.90 bits per heavy atom. The van der Waals surface area contributed by atoms with E-state index in [9.17, 15) is 14.4 Å². The highest BCUT2D eigenvalue weighted by Crippen LogP contribution is 2.34. The number of hydrogen-bond donors (Lipinski definition) is 2. The first kappa shape index (κ1) is 25.7. The van der Waals surface area contributed by atoms with E-state index in [2.05, 4.69) is 34.1 Å². The Kier molecular flexibility index (Phi) is 9.43. The van der Waals surface area contributed by atoms with Crippen LogP contribution in [0.4, 0.5) is 10.5 Å². The summed E-state index contributed by atoms with van der Waals surface area (Å²) >= 11 is 7.83. The monoisotopic (exact) mass is 512 g/mol. The minimum absolute atomic E-state index is 0.00406. The van der Waals surface area contributed by atoms with E-state index in [0.29, 0.717) is 24.1 Å². The quantitative estimate of drug-likeness (QED) is 0.327. The van der Waals surface area contributed by atoms with Gasteiger partial charge in [-0.2, -0.15) is 0 Å². The van der Waals surface area contributed by atoms with Gasteiger partial charge in [-0.25, -0.2) is 4.79 Å². The lowest BCUT2D eigenvalue weighted by molar-refractivity contribution is -0.116. The second-order valence-corrected chi connectivity index (χ2v) is 10.5. The molecule has 0 bridgehead atoms. The SMILES string of the molecule is CC(=O)c1ccc(Br)cc1NC(=O)CCCC1CCCC[C@@H]1N(S)C(=O)OC(C)(C)C. The number of anilines is 1. The Bertz CT molecular complexity index is 809. The van der Waals surface area contributed by atoms with Gasteiger partial charge < -0.3 is 10.1 Å². The molecule has 2 atom stereocenters. The van der Waals surface area contributed by atoms with Crippen molar-refractivity contribution in [1.82, 2.24) is 4.31 Å². The third-order valence-electron chi connectivity index (χ3n) is 5.38. The number of amides is 2. The number of hydrogen-bond acceptors (Lipinski definition) is 5. The maximum atomic E-state index is 12.5. The molecule has 1 aromatic carbocycles. The fourth-order valence-corrected chi connectivity index (χ4v) is 4.66. The lowest BCUT2D eigenvalue weighted by Gasteiger charge is -2.37. The number of nitrogens with one attached hydrogen (secondary N) is 1. The molecule has 1 unspecified atom stereocenters. The highest BCUT2D eigenvalue weighted by atomic mass is 79.9. The van der Waals surface area contributed by atoms with E-state index in [1.165, 1.54) is 11.2 Å². The van der Waals surface area contributed by atoms with Crippen LogP contribution in [0.2, 0.25) is 0 Å². The Hall–Kier alpha value is -1.54. The standard InChI is InChI=1S/C23H33BrN2O4S/c1-15(27)18-13-12-17(24)14-19(18)25-21(28)11-7-9-16-8-5-6-10-20(16)26(31)22(29)30-23(2,3)4/h12-14,16,20,31H,5-11H2,1-4H3,(H,25,28)/t16?,20-/m0/s1. The van der Waals surface area contributed by atoms with Gasteiger partial charge in [-0.3, -0.25) is 13.9 Å². The number of thiol groups is 1. The number of ether oxygens (including phenoxy) is 1. The summed E-state index contributed by atoms with van der Waals surface area (Å²) in [6.45, 7) is 7.00. The first-order chi connectivity index (χ1) is 14.5. The Labute approximate surface area is 199 Å². The summed E-state index contributed by atoms with van der Waals surface area (Å²) in [6.07, 6.45) is 5.53. The van der Waals surface area contributed by atoms with Crippen LogP contribution in [0.1, 0.15) is 83.0 Å². The smallest absolute Gasteiger partial charge is 0.420 e. The fraction of sp³-hybridized carbons (Fsp3) is 0.609. The molecule has 0 aliphatic heterocycles. The molecule has 0 heterocycles. The van der Waals surface area contributed by atoms with E-state index in [0.717, 1.165) is 36.6 Å². The lowest BCUT2D eigenvalue weighted by atomic mass is 9.81. The summed E-state index contributed by atoms with van der Waals surface area (Å²) in [5.74, 6) is 0.0666. The average molecular weight is 513 g/mol. The molecule has 1 N–H and O–H groups in total. The highest BCUT2D eigenvalue weighted by Gasteiger charge is 2.33. The number of carbonyl (C=O) groups is 3. The first-order valence-corrected chi connectivity index (χ1v) is 12.0. The van der Waals surface area contributed by atoms with Crippen molar-refractivity contribution in [1.29, 1.82) is 0 Å². The van der Waals surface area contributed by atoms with Crippen LogP contribution in [0.15, 0.2) is 22.7 Å². The van der Waals surface area contributed by atoms with Crippen LogP contribution in [0, 0.1) is 5.92 Å². The van der Waals surface area contributed by atoms with E-state index in [-0.39, 0.29) is 23.7 Å². The molecule has 1 saturated carbocycles. The first-order valence-electron chi connectivity index (χ1n) is 10.8. The Balaban J connectivity index is 1.91. The van der Waals surface area contributed by atoms with Crippen LogP contribution in [0.25, 0.3) is 0 Å². The number of ketones is 1. The molecule has 0 radical (unpaired) electrons. The minimum Gasteiger partial charge on any atom is -0.443 e. The van der Waals surface area contributed by atoms with Crippen molar-refractivity contribution in [3.05, 3.63) is 28.2 Å². The predicted molar refractivity (Wildman–Crippen MR) is 129 cm³/mol. The van der Waals surface area contributed by atoms with Crippen molar-refractivity contribution < 1.29 is 19.1 Å². The third-order valence-corrected chi connectivity index (χ3v) is 6.33. The van der Waals surface area contributed by atoms with E-state index < -0.39 is 11.7 Å². The summed E-state index contributed by atoms with van der Waals surface area (Å²) in [5, 5.41) is 2.86. The number of benzene rings is 1. The molecular weight excluding hydrogens is 480 g/mol. The molecule has 172 valence electrons. The number of carbonyl (C=O) groups excluding carboxylic acids is 3. The van der Waals surface area contributed by atoms with Gasteiger partial charge in [-0.1, -0.05) is 41.6 Å². The normalized spacial score (nSPS) is 18.9.